The van der Waals surface area contributed by atoms with Crippen molar-refractivity contribution in [1.29, 1.82) is 0 Å². The van der Waals surface area contributed by atoms with Gasteiger partial charge in [-0.2, -0.15) is 0 Å². The quantitative estimate of drug-likeness (QED) is 0.893. The zero-order chi connectivity index (χ0) is 14.7. The van der Waals surface area contributed by atoms with Crippen molar-refractivity contribution in [2.75, 3.05) is 0 Å². The molecule has 0 fully saturated rings. The van der Waals surface area contributed by atoms with E-state index in [4.69, 9.17) is 5.11 Å². The molecule has 0 bridgehead atoms. The first-order valence-electron chi connectivity index (χ1n) is 6.11. The van der Waals surface area contributed by atoms with E-state index in [9.17, 15) is 14.4 Å². The highest BCUT2D eigenvalue weighted by Gasteiger charge is 2.11. The molecule has 0 radical (unpaired) electrons. The van der Waals surface area contributed by atoms with Crippen LogP contribution in [0.2, 0.25) is 0 Å². The van der Waals surface area contributed by atoms with E-state index in [0.717, 1.165) is 4.57 Å². The fourth-order valence-electron chi connectivity index (χ4n) is 1.99. The van der Waals surface area contributed by atoms with Gasteiger partial charge >= 0.3 is 11.7 Å². The van der Waals surface area contributed by atoms with Gasteiger partial charge in [0.15, 0.2) is 0 Å². The van der Waals surface area contributed by atoms with Crippen LogP contribution in [0.25, 0.3) is 5.69 Å². The number of rotatable bonds is 4. The Labute approximate surface area is 114 Å². The summed E-state index contributed by atoms with van der Waals surface area (Å²) in [6.07, 6.45) is -0.271. The Morgan fingerprint density at radius 2 is 1.85 bits per heavy atom. The number of aryl methyl sites for hydroxylation is 1. The summed E-state index contributed by atoms with van der Waals surface area (Å²) >= 11 is 0. The standard InChI is InChI=1S/C14H14N2O4/c1-10-9-12(17)15(8-7-13(18)19)14(20)16(10)11-5-3-2-4-6-11/h2-6,9H,7-8H2,1H3,(H,18,19). The number of carboxylic acid groups (broad SMARTS) is 1. The van der Waals surface area contributed by atoms with E-state index in [1.54, 1.807) is 31.2 Å². The molecule has 0 aliphatic carbocycles. The maximum Gasteiger partial charge on any atom is 0.335 e. The Balaban J connectivity index is 2.59. The van der Waals surface area contributed by atoms with Crippen molar-refractivity contribution in [2.24, 2.45) is 0 Å². The number of hydrogen-bond donors (Lipinski definition) is 1. The highest BCUT2D eigenvalue weighted by Crippen LogP contribution is 2.05. The van der Waals surface area contributed by atoms with Gasteiger partial charge in [-0.1, -0.05) is 18.2 Å². The van der Waals surface area contributed by atoms with Crippen LogP contribution in [-0.4, -0.2) is 20.2 Å². The molecule has 1 aromatic heterocycles. The van der Waals surface area contributed by atoms with Gasteiger partial charge in [0.1, 0.15) is 0 Å². The fourth-order valence-corrected chi connectivity index (χ4v) is 1.99. The summed E-state index contributed by atoms with van der Waals surface area (Å²) in [5.74, 6) is -1.05. The Bertz CT molecular complexity index is 744. The molecule has 0 atom stereocenters. The summed E-state index contributed by atoms with van der Waals surface area (Å²) in [5.41, 5.74) is 0.139. The van der Waals surface area contributed by atoms with Crippen LogP contribution in [0.1, 0.15) is 12.1 Å². The topological polar surface area (TPSA) is 81.3 Å². The van der Waals surface area contributed by atoms with Gasteiger partial charge in [0.2, 0.25) is 0 Å². The minimum Gasteiger partial charge on any atom is -0.481 e. The molecule has 1 heterocycles. The molecule has 20 heavy (non-hydrogen) atoms. The maximum atomic E-state index is 12.4. The summed E-state index contributed by atoms with van der Waals surface area (Å²) in [6.45, 7) is 1.53. The molecule has 0 amide bonds. The monoisotopic (exact) mass is 274 g/mol. The summed E-state index contributed by atoms with van der Waals surface area (Å²) in [7, 11) is 0. The molecule has 0 spiro atoms. The summed E-state index contributed by atoms with van der Waals surface area (Å²) in [4.78, 5) is 34.8. The van der Waals surface area contributed by atoms with Crippen LogP contribution in [0.5, 0.6) is 0 Å². The van der Waals surface area contributed by atoms with Crippen molar-refractivity contribution < 1.29 is 9.90 Å². The first-order chi connectivity index (χ1) is 9.50. The number of carboxylic acids is 1. The largest absolute Gasteiger partial charge is 0.481 e. The minimum atomic E-state index is -1.05. The van der Waals surface area contributed by atoms with Crippen molar-refractivity contribution >= 4 is 5.97 Å². The molecule has 0 saturated carbocycles. The van der Waals surface area contributed by atoms with Gasteiger partial charge in [0, 0.05) is 18.3 Å². The van der Waals surface area contributed by atoms with E-state index >= 15 is 0 Å². The molecule has 0 aliphatic heterocycles. The first kappa shape index (κ1) is 13.8. The van der Waals surface area contributed by atoms with Crippen LogP contribution < -0.4 is 11.2 Å². The second-order valence-electron chi connectivity index (χ2n) is 4.37. The van der Waals surface area contributed by atoms with Crippen molar-refractivity contribution in [1.82, 2.24) is 9.13 Å². The third-order valence-corrected chi connectivity index (χ3v) is 2.94. The van der Waals surface area contributed by atoms with E-state index in [-0.39, 0.29) is 13.0 Å². The Morgan fingerprint density at radius 1 is 1.20 bits per heavy atom. The van der Waals surface area contributed by atoms with Gasteiger partial charge in [-0.05, 0) is 19.1 Å². The smallest absolute Gasteiger partial charge is 0.335 e. The highest BCUT2D eigenvalue weighted by atomic mass is 16.4. The highest BCUT2D eigenvalue weighted by molar-refractivity contribution is 5.66. The van der Waals surface area contributed by atoms with Crippen molar-refractivity contribution in [3.63, 3.8) is 0 Å². The van der Waals surface area contributed by atoms with Crippen molar-refractivity contribution in [3.8, 4) is 5.69 Å². The summed E-state index contributed by atoms with van der Waals surface area (Å²) in [5, 5.41) is 8.67. The number of nitrogens with zero attached hydrogens (tertiary/aromatic N) is 2. The molecular weight excluding hydrogens is 260 g/mol. The van der Waals surface area contributed by atoms with Gasteiger partial charge in [-0.3, -0.25) is 18.7 Å². The average molecular weight is 274 g/mol. The van der Waals surface area contributed by atoms with E-state index < -0.39 is 17.2 Å². The summed E-state index contributed by atoms with van der Waals surface area (Å²) < 4.78 is 2.33. The molecule has 0 unspecified atom stereocenters. The van der Waals surface area contributed by atoms with Gasteiger partial charge in [-0.25, -0.2) is 4.79 Å². The normalized spacial score (nSPS) is 10.4. The molecule has 1 N–H and O–H groups in total. The van der Waals surface area contributed by atoms with Crippen molar-refractivity contribution in [3.05, 3.63) is 62.9 Å². The number of para-hydroxylation sites is 1. The number of aliphatic carboxylic acids is 1. The number of carbonyl (C=O) groups is 1. The third kappa shape index (κ3) is 2.69. The number of aromatic nitrogens is 2. The molecule has 6 heteroatoms. The van der Waals surface area contributed by atoms with Crippen molar-refractivity contribution in [2.45, 2.75) is 19.9 Å². The SMILES string of the molecule is Cc1cc(=O)n(CCC(=O)O)c(=O)n1-c1ccccc1. The van der Waals surface area contributed by atoms with E-state index in [0.29, 0.717) is 11.4 Å². The van der Waals surface area contributed by atoms with Gasteiger partial charge in [0.25, 0.3) is 5.56 Å². The van der Waals surface area contributed by atoms with Crippen LogP contribution in [0.15, 0.2) is 46.0 Å². The Hall–Kier alpha value is -2.63. The second-order valence-corrected chi connectivity index (χ2v) is 4.37. The molecule has 2 aromatic rings. The van der Waals surface area contributed by atoms with Gasteiger partial charge in [-0.15, -0.1) is 0 Å². The van der Waals surface area contributed by atoms with E-state index in [2.05, 4.69) is 0 Å². The predicted octanol–water partition coefficient (Wildman–Crippen LogP) is 0.782. The third-order valence-electron chi connectivity index (χ3n) is 2.94. The van der Waals surface area contributed by atoms with Crippen LogP contribution in [0.3, 0.4) is 0 Å². The predicted molar refractivity (Wildman–Crippen MR) is 73.3 cm³/mol. The molecule has 0 saturated heterocycles. The first-order valence-corrected chi connectivity index (χ1v) is 6.11. The van der Waals surface area contributed by atoms with Crippen LogP contribution in [-0.2, 0) is 11.3 Å². The van der Waals surface area contributed by atoms with Gasteiger partial charge < -0.3 is 5.11 Å². The van der Waals surface area contributed by atoms with Crippen LogP contribution in [0, 0.1) is 6.92 Å². The second kappa shape index (κ2) is 5.56. The molecule has 1 aromatic carbocycles. The minimum absolute atomic E-state index is 0.139. The fraction of sp³-hybridized carbons (Fsp3) is 0.214. The Morgan fingerprint density at radius 3 is 2.45 bits per heavy atom. The molecule has 6 nitrogen and oxygen atoms in total. The zero-order valence-corrected chi connectivity index (χ0v) is 10.9. The lowest BCUT2D eigenvalue weighted by Crippen LogP contribution is -2.40. The maximum absolute atomic E-state index is 12.4. The molecule has 0 aliphatic rings. The number of hydrogen-bond acceptors (Lipinski definition) is 3. The molecule has 104 valence electrons. The average Bonchev–Trinajstić information content (AvgIpc) is 2.38. The van der Waals surface area contributed by atoms with Crippen LogP contribution >= 0.6 is 0 Å². The lowest BCUT2D eigenvalue weighted by molar-refractivity contribution is -0.137. The lowest BCUT2D eigenvalue weighted by Gasteiger charge is -2.12. The lowest BCUT2D eigenvalue weighted by atomic mass is 10.3. The van der Waals surface area contributed by atoms with E-state index in [1.807, 2.05) is 6.07 Å². The molecular formula is C14H14N2O4. The van der Waals surface area contributed by atoms with E-state index in [1.165, 1.54) is 10.6 Å². The van der Waals surface area contributed by atoms with Crippen LogP contribution in [0.4, 0.5) is 0 Å². The Kier molecular flexibility index (Phi) is 3.84. The molecule has 2 rings (SSSR count). The zero-order valence-electron chi connectivity index (χ0n) is 10.9. The summed E-state index contributed by atoms with van der Waals surface area (Å²) in [6, 6.07) is 10.2. The number of benzene rings is 1. The van der Waals surface area contributed by atoms with Gasteiger partial charge in [0.05, 0.1) is 12.1 Å².